The van der Waals surface area contributed by atoms with Gasteiger partial charge in [0.05, 0.1) is 6.10 Å². The lowest BCUT2D eigenvalue weighted by atomic mass is 9.94. The van der Waals surface area contributed by atoms with Crippen molar-refractivity contribution in [3.63, 3.8) is 0 Å². The van der Waals surface area contributed by atoms with Crippen molar-refractivity contribution >= 4 is 0 Å². The topological polar surface area (TPSA) is 40.1 Å². The lowest BCUT2D eigenvalue weighted by molar-refractivity contribution is 0.0699. The number of rotatable bonds is 6. The summed E-state index contributed by atoms with van der Waals surface area (Å²) in [7, 11) is 0. The van der Waals surface area contributed by atoms with Gasteiger partial charge in [-0.3, -0.25) is 0 Å². The average Bonchev–Trinajstić information content (AvgIpc) is 2.27. The molecule has 0 fully saturated rings. The molecule has 16 heavy (non-hydrogen) atoms. The molecule has 0 saturated heterocycles. The van der Waals surface area contributed by atoms with E-state index in [1.54, 1.807) is 12.1 Å². The molecular weight excluding hydrogens is 200 g/mol. The van der Waals surface area contributed by atoms with Gasteiger partial charge in [0.15, 0.2) is 0 Å². The molecule has 1 N–H and O–H groups in total. The van der Waals surface area contributed by atoms with Gasteiger partial charge in [0.2, 0.25) is 0 Å². The van der Waals surface area contributed by atoms with Crippen molar-refractivity contribution in [2.24, 2.45) is 0 Å². The zero-order chi connectivity index (χ0) is 12.0. The summed E-state index contributed by atoms with van der Waals surface area (Å²) < 4.78 is 0. The van der Waals surface area contributed by atoms with Gasteiger partial charge in [-0.2, -0.15) is 0 Å². The van der Waals surface area contributed by atoms with Gasteiger partial charge in [0.1, 0.15) is 5.75 Å². The second-order valence-corrected chi connectivity index (χ2v) is 4.48. The predicted octanol–water partition coefficient (Wildman–Crippen LogP) is 3.88. The van der Waals surface area contributed by atoms with Crippen LogP contribution in [0.2, 0.25) is 0 Å². The molecule has 0 aliphatic heterocycles. The highest BCUT2D eigenvalue weighted by atomic mass is 16.3. The summed E-state index contributed by atoms with van der Waals surface area (Å²) in [4.78, 5) is 0. The van der Waals surface area contributed by atoms with Gasteiger partial charge in [-0.15, -0.1) is 0 Å². The maximum Gasteiger partial charge on any atom is 0.115 e. The van der Waals surface area contributed by atoms with Crippen molar-refractivity contribution in [1.29, 1.82) is 0 Å². The molecule has 2 heteroatoms. The molecule has 0 saturated carbocycles. The number of hydrogen-bond acceptors (Lipinski definition) is 1. The Labute approximate surface area is 97.9 Å². The van der Waals surface area contributed by atoms with E-state index in [4.69, 9.17) is 0 Å². The summed E-state index contributed by atoms with van der Waals surface area (Å²) in [5, 5.41) is 20.7. The van der Waals surface area contributed by atoms with Gasteiger partial charge in [-0.25, -0.2) is 5.11 Å². The van der Waals surface area contributed by atoms with E-state index in [2.05, 4.69) is 6.92 Å². The quantitative estimate of drug-likeness (QED) is 0.778. The van der Waals surface area contributed by atoms with Gasteiger partial charge in [0.25, 0.3) is 0 Å². The van der Waals surface area contributed by atoms with Gasteiger partial charge in [0, 0.05) is 0 Å². The van der Waals surface area contributed by atoms with Crippen molar-refractivity contribution in [1.82, 2.24) is 0 Å². The van der Waals surface area contributed by atoms with Gasteiger partial charge < -0.3 is 5.11 Å². The van der Waals surface area contributed by atoms with Crippen molar-refractivity contribution in [2.45, 2.75) is 51.6 Å². The minimum Gasteiger partial charge on any atom is -0.508 e. The molecule has 89 valence electrons. The van der Waals surface area contributed by atoms with Crippen LogP contribution in [0.1, 0.15) is 51.0 Å². The summed E-state index contributed by atoms with van der Waals surface area (Å²) in [5.74, 6) is 0.692. The minimum atomic E-state index is -0.412. The molecular formula is C14H21O2. The monoisotopic (exact) mass is 221 g/mol. The van der Waals surface area contributed by atoms with Crippen LogP contribution in [0.5, 0.6) is 5.75 Å². The fraction of sp³-hybridized carbons (Fsp3) is 0.571. The fourth-order valence-corrected chi connectivity index (χ4v) is 1.87. The van der Waals surface area contributed by atoms with Gasteiger partial charge in [-0.05, 0) is 42.9 Å². The Bertz CT molecular complexity index is 292. The van der Waals surface area contributed by atoms with Crippen LogP contribution < -0.4 is 0 Å². The first-order valence-corrected chi connectivity index (χ1v) is 6.08. The van der Waals surface area contributed by atoms with Gasteiger partial charge in [-0.1, -0.05) is 32.4 Å². The summed E-state index contributed by atoms with van der Waals surface area (Å²) in [6.45, 7) is 4.18. The van der Waals surface area contributed by atoms with E-state index >= 15 is 0 Å². The number of phenols is 1. The lowest BCUT2D eigenvalue weighted by Gasteiger charge is -2.13. The zero-order valence-corrected chi connectivity index (χ0v) is 10.1. The summed E-state index contributed by atoms with van der Waals surface area (Å²) in [6.07, 6.45) is 3.02. The van der Waals surface area contributed by atoms with E-state index in [-0.39, 0.29) is 0 Å². The Morgan fingerprint density at radius 3 is 2.31 bits per heavy atom. The number of phenolic OH excluding ortho intramolecular Hbond substituents is 1. The van der Waals surface area contributed by atoms with E-state index in [9.17, 15) is 10.2 Å². The maximum atomic E-state index is 11.5. The zero-order valence-electron chi connectivity index (χ0n) is 10.1. The van der Waals surface area contributed by atoms with Crippen molar-refractivity contribution in [3.05, 3.63) is 29.8 Å². The molecule has 2 unspecified atom stereocenters. The molecule has 0 aromatic heterocycles. The van der Waals surface area contributed by atoms with Crippen molar-refractivity contribution in [3.8, 4) is 5.75 Å². The maximum absolute atomic E-state index is 11.5. The third-order valence-electron chi connectivity index (χ3n) is 2.99. The molecule has 0 aliphatic carbocycles. The molecule has 0 heterocycles. The van der Waals surface area contributed by atoms with E-state index in [0.29, 0.717) is 11.7 Å². The number of benzene rings is 1. The molecule has 0 amide bonds. The Morgan fingerprint density at radius 1 is 1.12 bits per heavy atom. The summed E-state index contributed by atoms with van der Waals surface area (Å²) >= 11 is 0. The van der Waals surface area contributed by atoms with E-state index < -0.39 is 6.10 Å². The minimum absolute atomic E-state index is 0.295. The first-order chi connectivity index (χ1) is 7.63. The standard InChI is InChI=1S/C14H21O2/c1-3-4-13(15)8-5-11(2)12-6-9-14(16)10-7-12/h6-7,9-11,13,16H,3-5,8H2,1-2H3. The van der Waals surface area contributed by atoms with E-state index in [1.807, 2.05) is 19.1 Å². The predicted molar refractivity (Wildman–Crippen MR) is 65.1 cm³/mol. The SMILES string of the molecule is CCCC([O])CCC(C)c1ccc(O)cc1. The van der Waals surface area contributed by atoms with Crippen molar-refractivity contribution in [2.75, 3.05) is 0 Å². The lowest BCUT2D eigenvalue weighted by Crippen LogP contribution is -2.06. The second kappa shape index (κ2) is 6.54. The third-order valence-corrected chi connectivity index (χ3v) is 2.99. The van der Waals surface area contributed by atoms with Crippen LogP contribution >= 0.6 is 0 Å². The van der Waals surface area contributed by atoms with Crippen LogP contribution in [-0.2, 0) is 5.11 Å². The first-order valence-electron chi connectivity index (χ1n) is 6.08. The van der Waals surface area contributed by atoms with Crippen LogP contribution in [0, 0.1) is 0 Å². The van der Waals surface area contributed by atoms with Crippen LogP contribution in [-0.4, -0.2) is 11.2 Å². The van der Waals surface area contributed by atoms with Crippen LogP contribution in [0.25, 0.3) is 0 Å². The molecule has 0 aliphatic rings. The van der Waals surface area contributed by atoms with Crippen LogP contribution in [0.4, 0.5) is 0 Å². The summed E-state index contributed by atoms with van der Waals surface area (Å²) in [6, 6.07) is 7.26. The largest absolute Gasteiger partial charge is 0.508 e. The average molecular weight is 221 g/mol. The van der Waals surface area contributed by atoms with Crippen LogP contribution in [0.3, 0.4) is 0 Å². The Hall–Kier alpha value is -1.02. The van der Waals surface area contributed by atoms with Gasteiger partial charge >= 0.3 is 0 Å². The third kappa shape index (κ3) is 4.23. The molecule has 1 aromatic rings. The second-order valence-electron chi connectivity index (χ2n) is 4.48. The highest BCUT2D eigenvalue weighted by Gasteiger charge is 2.10. The molecule has 2 atom stereocenters. The highest BCUT2D eigenvalue weighted by molar-refractivity contribution is 5.27. The van der Waals surface area contributed by atoms with E-state index in [0.717, 1.165) is 25.7 Å². The smallest absolute Gasteiger partial charge is 0.115 e. The Balaban J connectivity index is 2.40. The molecule has 1 rings (SSSR count). The molecule has 1 radical (unpaired) electrons. The Morgan fingerprint density at radius 2 is 1.75 bits per heavy atom. The number of aromatic hydroxyl groups is 1. The molecule has 0 bridgehead atoms. The number of hydrogen-bond donors (Lipinski definition) is 1. The molecule has 0 spiro atoms. The van der Waals surface area contributed by atoms with E-state index in [1.165, 1.54) is 5.56 Å². The molecule has 2 nitrogen and oxygen atoms in total. The fourth-order valence-electron chi connectivity index (χ4n) is 1.87. The first kappa shape index (κ1) is 13.0. The summed E-state index contributed by atoms with van der Waals surface area (Å²) in [5.41, 5.74) is 1.20. The normalized spacial score (nSPS) is 14.7. The van der Waals surface area contributed by atoms with Crippen LogP contribution in [0.15, 0.2) is 24.3 Å². The van der Waals surface area contributed by atoms with Crippen molar-refractivity contribution < 1.29 is 10.2 Å². The highest BCUT2D eigenvalue weighted by Crippen LogP contribution is 2.23. The Kier molecular flexibility index (Phi) is 5.33. The molecule has 1 aromatic carbocycles.